The average Bonchev–Trinajstić information content (AvgIpc) is 2.67. The molecule has 0 aliphatic carbocycles. The lowest BCUT2D eigenvalue weighted by molar-refractivity contribution is 0.0761. The highest BCUT2D eigenvalue weighted by Crippen LogP contribution is 2.18. The van der Waals surface area contributed by atoms with Crippen LogP contribution in [0.15, 0.2) is 16.7 Å². The molecular formula is C13H19BrN4O2. The van der Waals surface area contributed by atoms with Crippen molar-refractivity contribution in [3.05, 3.63) is 22.3 Å². The molecule has 0 bridgehead atoms. The first kappa shape index (κ1) is 15.2. The maximum Gasteiger partial charge on any atom is 0.257 e. The molecule has 0 saturated carbocycles. The highest BCUT2D eigenvalue weighted by Gasteiger charge is 2.22. The standard InChI is InChI=1S/C13H19BrN4O2/c14-10-8-11(12(15)16-9-10)13(20)18-3-1-2-17(4-5-18)6-7-19/h8-9,19H,1-7H2,(H2,15,16). The van der Waals surface area contributed by atoms with Gasteiger partial charge in [0.1, 0.15) is 5.82 Å². The van der Waals surface area contributed by atoms with Gasteiger partial charge in [0, 0.05) is 36.8 Å². The van der Waals surface area contributed by atoms with Gasteiger partial charge in [-0.2, -0.15) is 0 Å². The van der Waals surface area contributed by atoms with Crippen LogP contribution in [0.2, 0.25) is 0 Å². The SMILES string of the molecule is Nc1ncc(Br)cc1C(=O)N1CCCN(CCO)CC1. The van der Waals surface area contributed by atoms with E-state index in [4.69, 9.17) is 10.8 Å². The van der Waals surface area contributed by atoms with E-state index in [1.165, 1.54) is 0 Å². The Morgan fingerprint density at radius 3 is 2.95 bits per heavy atom. The van der Waals surface area contributed by atoms with Gasteiger partial charge in [-0.25, -0.2) is 4.98 Å². The molecule has 6 nitrogen and oxygen atoms in total. The van der Waals surface area contributed by atoms with Crippen LogP contribution < -0.4 is 5.73 Å². The minimum Gasteiger partial charge on any atom is -0.395 e. The summed E-state index contributed by atoms with van der Waals surface area (Å²) in [6, 6.07) is 1.71. The zero-order chi connectivity index (χ0) is 14.5. The largest absolute Gasteiger partial charge is 0.395 e. The van der Waals surface area contributed by atoms with E-state index in [-0.39, 0.29) is 18.3 Å². The first-order valence-electron chi connectivity index (χ1n) is 6.65. The third kappa shape index (κ3) is 3.68. The molecule has 2 heterocycles. The minimum atomic E-state index is -0.0813. The Morgan fingerprint density at radius 1 is 1.40 bits per heavy atom. The van der Waals surface area contributed by atoms with Crippen LogP contribution in [0.5, 0.6) is 0 Å². The lowest BCUT2D eigenvalue weighted by Crippen LogP contribution is -2.36. The molecule has 110 valence electrons. The highest BCUT2D eigenvalue weighted by atomic mass is 79.9. The Balaban J connectivity index is 2.07. The van der Waals surface area contributed by atoms with Gasteiger partial charge in [-0.05, 0) is 35.0 Å². The van der Waals surface area contributed by atoms with E-state index in [1.807, 2.05) is 0 Å². The maximum absolute atomic E-state index is 12.5. The van der Waals surface area contributed by atoms with Gasteiger partial charge >= 0.3 is 0 Å². The number of halogens is 1. The Labute approximate surface area is 126 Å². The second-order valence-electron chi connectivity index (χ2n) is 4.80. The Bertz CT molecular complexity index is 483. The summed E-state index contributed by atoms with van der Waals surface area (Å²) in [5.74, 6) is 0.178. The Hall–Kier alpha value is -1.18. The molecule has 0 atom stereocenters. The zero-order valence-electron chi connectivity index (χ0n) is 11.3. The molecule has 1 amide bonds. The summed E-state index contributed by atoms with van der Waals surface area (Å²) < 4.78 is 0.742. The molecule has 0 unspecified atom stereocenters. The molecule has 1 aliphatic rings. The third-order valence-electron chi connectivity index (χ3n) is 3.41. The molecule has 0 aromatic carbocycles. The predicted molar refractivity (Wildman–Crippen MR) is 80.4 cm³/mol. The number of aliphatic hydroxyl groups is 1. The first-order chi connectivity index (χ1) is 9.61. The van der Waals surface area contributed by atoms with E-state index in [9.17, 15) is 4.79 Å². The molecule has 20 heavy (non-hydrogen) atoms. The smallest absolute Gasteiger partial charge is 0.257 e. The van der Waals surface area contributed by atoms with Gasteiger partial charge in [0.2, 0.25) is 0 Å². The molecule has 1 aromatic heterocycles. The molecule has 0 spiro atoms. The lowest BCUT2D eigenvalue weighted by atomic mass is 10.2. The van der Waals surface area contributed by atoms with Crippen LogP contribution in [-0.2, 0) is 0 Å². The van der Waals surface area contributed by atoms with Crippen molar-refractivity contribution in [2.75, 3.05) is 45.1 Å². The number of hydrogen-bond acceptors (Lipinski definition) is 5. The molecule has 2 rings (SSSR count). The van der Waals surface area contributed by atoms with Crippen LogP contribution in [-0.4, -0.2) is 65.1 Å². The maximum atomic E-state index is 12.5. The van der Waals surface area contributed by atoms with Crippen LogP contribution in [0.4, 0.5) is 5.82 Å². The lowest BCUT2D eigenvalue weighted by Gasteiger charge is -2.22. The van der Waals surface area contributed by atoms with Crippen LogP contribution in [0.3, 0.4) is 0 Å². The van der Waals surface area contributed by atoms with E-state index in [0.29, 0.717) is 25.2 Å². The van der Waals surface area contributed by atoms with Gasteiger partial charge in [0.15, 0.2) is 0 Å². The molecule has 7 heteroatoms. The van der Waals surface area contributed by atoms with Crippen molar-refractivity contribution in [2.45, 2.75) is 6.42 Å². The van der Waals surface area contributed by atoms with E-state index >= 15 is 0 Å². The van der Waals surface area contributed by atoms with E-state index in [1.54, 1.807) is 17.2 Å². The fourth-order valence-corrected chi connectivity index (χ4v) is 2.66. The summed E-state index contributed by atoms with van der Waals surface area (Å²) in [6.07, 6.45) is 2.48. The summed E-state index contributed by atoms with van der Waals surface area (Å²) in [7, 11) is 0. The van der Waals surface area contributed by atoms with Gasteiger partial charge in [-0.3, -0.25) is 9.69 Å². The molecular weight excluding hydrogens is 324 g/mol. The Kier molecular flexibility index (Phi) is 5.33. The number of nitrogens with two attached hydrogens (primary N) is 1. The number of nitrogens with zero attached hydrogens (tertiary/aromatic N) is 3. The minimum absolute atomic E-state index is 0.0813. The number of nitrogen functional groups attached to an aromatic ring is 1. The van der Waals surface area contributed by atoms with Crippen LogP contribution >= 0.6 is 15.9 Å². The number of aliphatic hydroxyl groups excluding tert-OH is 1. The van der Waals surface area contributed by atoms with Crippen molar-refractivity contribution in [2.24, 2.45) is 0 Å². The topological polar surface area (TPSA) is 82.7 Å². The monoisotopic (exact) mass is 342 g/mol. The van der Waals surface area contributed by atoms with Crippen LogP contribution in [0.1, 0.15) is 16.8 Å². The molecule has 3 N–H and O–H groups in total. The van der Waals surface area contributed by atoms with Gasteiger partial charge in [0.25, 0.3) is 5.91 Å². The molecule has 1 fully saturated rings. The van der Waals surface area contributed by atoms with Crippen LogP contribution in [0.25, 0.3) is 0 Å². The normalized spacial score (nSPS) is 17.0. The van der Waals surface area contributed by atoms with Gasteiger partial charge in [0.05, 0.1) is 12.2 Å². The fourth-order valence-electron chi connectivity index (χ4n) is 2.33. The van der Waals surface area contributed by atoms with Crippen LogP contribution in [0, 0.1) is 0 Å². The number of anilines is 1. The van der Waals surface area contributed by atoms with E-state index in [0.717, 1.165) is 24.0 Å². The second-order valence-corrected chi connectivity index (χ2v) is 5.71. The number of carbonyl (C=O) groups is 1. The van der Waals surface area contributed by atoms with Crippen molar-refractivity contribution in [1.82, 2.24) is 14.8 Å². The number of aromatic nitrogens is 1. The van der Waals surface area contributed by atoms with Gasteiger partial charge in [-0.1, -0.05) is 0 Å². The van der Waals surface area contributed by atoms with Gasteiger partial charge in [-0.15, -0.1) is 0 Å². The Morgan fingerprint density at radius 2 is 2.20 bits per heavy atom. The van der Waals surface area contributed by atoms with Crippen molar-refractivity contribution in [1.29, 1.82) is 0 Å². The summed E-state index contributed by atoms with van der Waals surface area (Å²) >= 11 is 3.31. The number of carbonyl (C=O) groups excluding carboxylic acids is 1. The number of pyridine rings is 1. The van der Waals surface area contributed by atoms with Crippen molar-refractivity contribution < 1.29 is 9.90 Å². The van der Waals surface area contributed by atoms with Crippen molar-refractivity contribution >= 4 is 27.7 Å². The summed E-state index contributed by atoms with van der Waals surface area (Å²) in [4.78, 5) is 20.5. The number of amides is 1. The van der Waals surface area contributed by atoms with Crippen molar-refractivity contribution in [3.8, 4) is 0 Å². The van der Waals surface area contributed by atoms with Crippen molar-refractivity contribution in [3.63, 3.8) is 0 Å². The first-order valence-corrected chi connectivity index (χ1v) is 7.44. The summed E-state index contributed by atoms with van der Waals surface area (Å²) in [5.41, 5.74) is 6.23. The van der Waals surface area contributed by atoms with E-state index in [2.05, 4.69) is 25.8 Å². The van der Waals surface area contributed by atoms with E-state index < -0.39 is 0 Å². The zero-order valence-corrected chi connectivity index (χ0v) is 12.8. The number of hydrogen-bond donors (Lipinski definition) is 2. The quantitative estimate of drug-likeness (QED) is 0.838. The fraction of sp³-hybridized carbons (Fsp3) is 0.538. The second kappa shape index (κ2) is 7.01. The molecule has 1 aromatic rings. The summed E-state index contributed by atoms with van der Waals surface area (Å²) in [6.45, 7) is 3.82. The molecule has 1 saturated heterocycles. The molecule has 0 radical (unpaired) electrons. The predicted octanol–water partition coefficient (Wildman–Crippen LogP) is 0.567. The summed E-state index contributed by atoms with van der Waals surface area (Å²) in [5, 5.41) is 8.98. The third-order valence-corrected chi connectivity index (χ3v) is 3.84. The number of rotatable bonds is 3. The average molecular weight is 343 g/mol. The number of β-amino-alcohol motifs (C(OH)–C–C–N with tert-alkyl or cyclic N) is 1. The highest BCUT2D eigenvalue weighted by molar-refractivity contribution is 9.10. The molecule has 1 aliphatic heterocycles. The van der Waals surface area contributed by atoms with Gasteiger partial charge < -0.3 is 15.7 Å².